The predicted octanol–water partition coefficient (Wildman–Crippen LogP) is 1.09. The zero-order valence-corrected chi connectivity index (χ0v) is 11.8. The predicted molar refractivity (Wildman–Crippen MR) is 71.2 cm³/mol. The molecule has 0 saturated carbocycles. The van der Waals surface area contributed by atoms with Crippen LogP contribution in [-0.2, 0) is 18.2 Å². The van der Waals surface area contributed by atoms with E-state index in [0.29, 0.717) is 30.4 Å². The van der Waals surface area contributed by atoms with Crippen LogP contribution in [0.2, 0.25) is 0 Å². The first-order valence-electron chi connectivity index (χ1n) is 6.35. The normalized spacial score (nSPS) is 12.3. The van der Waals surface area contributed by atoms with Crippen LogP contribution < -0.4 is 5.32 Å². The van der Waals surface area contributed by atoms with Gasteiger partial charge in [-0.3, -0.25) is 4.79 Å². The topological polar surface area (TPSA) is 82.2 Å². The number of amides is 1. The lowest BCUT2D eigenvalue weighted by Crippen LogP contribution is -2.28. The highest BCUT2D eigenvalue weighted by Gasteiger charge is 2.18. The highest BCUT2D eigenvalue weighted by Crippen LogP contribution is 2.11. The van der Waals surface area contributed by atoms with Crippen molar-refractivity contribution in [2.24, 2.45) is 7.05 Å². The van der Waals surface area contributed by atoms with E-state index in [-0.39, 0.29) is 11.9 Å². The molecular weight excluding hydrogens is 260 g/mol. The van der Waals surface area contributed by atoms with Crippen molar-refractivity contribution in [3.8, 4) is 0 Å². The molecule has 0 aliphatic carbocycles. The summed E-state index contributed by atoms with van der Waals surface area (Å²) in [4.78, 5) is 16.3. The van der Waals surface area contributed by atoms with Crippen LogP contribution in [0, 0.1) is 0 Å². The Labute approximate surface area is 116 Å². The van der Waals surface area contributed by atoms with E-state index in [1.54, 1.807) is 24.7 Å². The summed E-state index contributed by atoms with van der Waals surface area (Å²) < 4.78 is 11.8. The quantitative estimate of drug-likeness (QED) is 0.855. The van der Waals surface area contributed by atoms with Crippen molar-refractivity contribution in [2.75, 3.05) is 13.7 Å². The average Bonchev–Trinajstić information content (AvgIpc) is 3.04. The summed E-state index contributed by atoms with van der Waals surface area (Å²) in [5.74, 6) is 0.780. The Morgan fingerprint density at radius 2 is 2.40 bits per heavy atom. The van der Waals surface area contributed by atoms with Gasteiger partial charge in [-0.15, -0.1) is 0 Å². The van der Waals surface area contributed by atoms with Gasteiger partial charge in [-0.25, -0.2) is 0 Å². The maximum Gasteiger partial charge on any atom is 0.268 e. The molecular formula is C13H18N4O3. The molecule has 1 unspecified atom stereocenters. The van der Waals surface area contributed by atoms with Gasteiger partial charge in [0.15, 0.2) is 5.82 Å². The van der Waals surface area contributed by atoms with Gasteiger partial charge in [0.2, 0.25) is 5.89 Å². The molecule has 0 radical (unpaired) electrons. The van der Waals surface area contributed by atoms with E-state index in [1.165, 1.54) is 0 Å². The molecule has 1 N–H and O–H groups in total. The second-order valence-corrected chi connectivity index (χ2v) is 4.49. The molecule has 1 atom stereocenters. The van der Waals surface area contributed by atoms with Gasteiger partial charge in [0.05, 0.1) is 6.61 Å². The Morgan fingerprint density at radius 3 is 3.05 bits per heavy atom. The van der Waals surface area contributed by atoms with Gasteiger partial charge in [0, 0.05) is 26.8 Å². The number of ether oxygens (including phenoxy) is 1. The summed E-state index contributed by atoms with van der Waals surface area (Å²) in [7, 11) is 3.43. The number of nitrogens with zero attached hydrogens (tertiary/aromatic N) is 3. The minimum absolute atomic E-state index is 0.179. The molecule has 2 rings (SSSR count). The van der Waals surface area contributed by atoms with E-state index in [4.69, 9.17) is 9.26 Å². The number of hydrogen-bond donors (Lipinski definition) is 1. The summed E-state index contributed by atoms with van der Waals surface area (Å²) >= 11 is 0. The number of nitrogens with one attached hydrogen (secondary N) is 1. The molecule has 2 heterocycles. The molecule has 2 aromatic rings. The number of carbonyl (C=O) groups is 1. The van der Waals surface area contributed by atoms with E-state index in [9.17, 15) is 4.79 Å². The monoisotopic (exact) mass is 278 g/mol. The molecule has 1 amide bonds. The molecule has 0 fully saturated rings. The summed E-state index contributed by atoms with van der Waals surface area (Å²) in [6.07, 6.45) is 2.40. The number of carbonyl (C=O) groups excluding carboxylic acids is 1. The average molecular weight is 278 g/mol. The molecule has 0 spiro atoms. The summed E-state index contributed by atoms with van der Waals surface area (Å²) in [5, 5.41) is 6.66. The molecule has 7 nitrogen and oxygen atoms in total. The Kier molecular flexibility index (Phi) is 4.52. The molecule has 0 aromatic carbocycles. The molecule has 0 saturated heterocycles. The largest absolute Gasteiger partial charge is 0.384 e. The Bertz CT molecular complexity index is 576. The third-order valence-electron chi connectivity index (χ3n) is 2.91. The van der Waals surface area contributed by atoms with Crippen LogP contribution in [0.25, 0.3) is 0 Å². The summed E-state index contributed by atoms with van der Waals surface area (Å²) in [6, 6.07) is 3.22. The molecule has 0 aliphatic rings. The second kappa shape index (κ2) is 6.33. The zero-order valence-electron chi connectivity index (χ0n) is 11.8. The molecule has 7 heteroatoms. The van der Waals surface area contributed by atoms with E-state index < -0.39 is 0 Å². The zero-order chi connectivity index (χ0) is 14.5. The van der Waals surface area contributed by atoms with E-state index in [2.05, 4.69) is 15.5 Å². The first kappa shape index (κ1) is 14.3. The van der Waals surface area contributed by atoms with Crippen molar-refractivity contribution < 1.29 is 14.1 Å². The van der Waals surface area contributed by atoms with Gasteiger partial charge in [-0.1, -0.05) is 5.16 Å². The van der Waals surface area contributed by atoms with Crippen LogP contribution >= 0.6 is 0 Å². The van der Waals surface area contributed by atoms with Crippen LogP contribution in [0.15, 0.2) is 22.9 Å². The molecule has 20 heavy (non-hydrogen) atoms. The van der Waals surface area contributed by atoms with Crippen LogP contribution in [0.3, 0.4) is 0 Å². The van der Waals surface area contributed by atoms with E-state index in [1.807, 2.05) is 19.3 Å². The Hall–Kier alpha value is -2.15. The van der Waals surface area contributed by atoms with Gasteiger partial charge in [0.1, 0.15) is 11.7 Å². The fourth-order valence-electron chi connectivity index (χ4n) is 1.77. The maximum atomic E-state index is 12.0. The number of aryl methyl sites for hydroxylation is 1. The van der Waals surface area contributed by atoms with Crippen molar-refractivity contribution in [1.29, 1.82) is 0 Å². The third-order valence-corrected chi connectivity index (χ3v) is 2.91. The Morgan fingerprint density at radius 1 is 1.60 bits per heavy atom. The van der Waals surface area contributed by atoms with Crippen LogP contribution in [-0.4, -0.2) is 34.3 Å². The van der Waals surface area contributed by atoms with Crippen molar-refractivity contribution in [3.05, 3.63) is 35.7 Å². The lowest BCUT2D eigenvalue weighted by atomic mass is 10.3. The van der Waals surface area contributed by atoms with Gasteiger partial charge in [0.25, 0.3) is 5.91 Å². The number of hydrogen-bond acceptors (Lipinski definition) is 5. The maximum absolute atomic E-state index is 12.0. The lowest BCUT2D eigenvalue weighted by molar-refractivity contribution is 0.0924. The van der Waals surface area contributed by atoms with Crippen LogP contribution in [0.1, 0.15) is 35.2 Å². The second-order valence-electron chi connectivity index (χ2n) is 4.49. The molecule has 0 aliphatic heterocycles. The van der Waals surface area contributed by atoms with Gasteiger partial charge < -0.3 is 19.1 Å². The summed E-state index contributed by atoms with van der Waals surface area (Å²) in [5.41, 5.74) is 0.580. The van der Waals surface area contributed by atoms with Gasteiger partial charge in [-0.05, 0) is 19.1 Å². The van der Waals surface area contributed by atoms with Crippen molar-refractivity contribution in [2.45, 2.75) is 19.4 Å². The summed E-state index contributed by atoms with van der Waals surface area (Å²) in [6.45, 7) is 2.33. The third kappa shape index (κ3) is 3.24. The lowest BCUT2D eigenvalue weighted by Gasteiger charge is -2.10. The first-order chi connectivity index (χ1) is 9.61. The number of methoxy groups -OCH3 is 1. The van der Waals surface area contributed by atoms with Gasteiger partial charge in [-0.2, -0.15) is 4.98 Å². The highest BCUT2D eigenvalue weighted by atomic mass is 16.5. The van der Waals surface area contributed by atoms with Crippen molar-refractivity contribution in [3.63, 3.8) is 0 Å². The minimum Gasteiger partial charge on any atom is -0.384 e. The highest BCUT2D eigenvalue weighted by molar-refractivity contribution is 5.92. The Balaban J connectivity index is 1.97. The van der Waals surface area contributed by atoms with Gasteiger partial charge >= 0.3 is 0 Å². The standard InChI is InChI=1S/C13H18N4O3/c1-9(13-15-11(16-20-13)6-8-19-3)14-12(18)10-5-4-7-17(10)2/h4-5,7,9H,6,8H2,1-3H3,(H,14,18). The van der Waals surface area contributed by atoms with E-state index in [0.717, 1.165) is 0 Å². The van der Waals surface area contributed by atoms with Crippen molar-refractivity contribution >= 4 is 5.91 Å². The van der Waals surface area contributed by atoms with Crippen molar-refractivity contribution in [1.82, 2.24) is 20.0 Å². The SMILES string of the molecule is COCCc1noc(C(C)NC(=O)c2cccn2C)n1. The number of rotatable bonds is 6. The van der Waals surface area contributed by atoms with Crippen LogP contribution in [0.5, 0.6) is 0 Å². The fraction of sp³-hybridized carbons (Fsp3) is 0.462. The fourth-order valence-corrected chi connectivity index (χ4v) is 1.77. The molecule has 108 valence electrons. The molecule has 0 bridgehead atoms. The molecule has 2 aromatic heterocycles. The first-order valence-corrected chi connectivity index (χ1v) is 6.35. The minimum atomic E-state index is -0.346. The van der Waals surface area contributed by atoms with E-state index >= 15 is 0 Å². The smallest absolute Gasteiger partial charge is 0.268 e. The number of aromatic nitrogens is 3. The van der Waals surface area contributed by atoms with Crippen LogP contribution in [0.4, 0.5) is 0 Å².